The van der Waals surface area contributed by atoms with Gasteiger partial charge in [-0.25, -0.2) is 0 Å². The lowest BCUT2D eigenvalue weighted by molar-refractivity contribution is -0.144. The molecule has 0 aromatic heterocycles. The third-order valence-corrected chi connectivity index (χ3v) is 8.00. The molecule has 196 valence electrons. The van der Waals surface area contributed by atoms with E-state index >= 15 is 0 Å². The molecule has 0 heterocycles. The van der Waals surface area contributed by atoms with E-state index in [1.807, 2.05) is 25.9 Å². The van der Waals surface area contributed by atoms with Gasteiger partial charge in [0.1, 0.15) is 22.9 Å². The average Bonchev–Trinajstić information content (AvgIpc) is 2.80. The van der Waals surface area contributed by atoms with E-state index in [2.05, 4.69) is 5.32 Å². The summed E-state index contributed by atoms with van der Waals surface area (Å²) in [4.78, 5) is 40.8. The summed E-state index contributed by atoms with van der Waals surface area (Å²) in [5, 5.41) is 57.2. The molecule has 4 aliphatic rings. The van der Waals surface area contributed by atoms with Gasteiger partial charge in [0.05, 0.1) is 17.7 Å². The zero-order chi connectivity index (χ0) is 26.7. The maximum absolute atomic E-state index is 13.8. The third-order valence-electron chi connectivity index (χ3n) is 8.00. The molecule has 0 amide bonds. The summed E-state index contributed by atoms with van der Waals surface area (Å²) in [5.41, 5.74) is -1.76. The van der Waals surface area contributed by atoms with E-state index in [4.69, 9.17) is 0 Å². The van der Waals surface area contributed by atoms with Crippen molar-refractivity contribution in [2.45, 2.75) is 63.7 Å². The van der Waals surface area contributed by atoms with Crippen molar-refractivity contribution < 1.29 is 39.9 Å². The highest BCUT2D eigenvalue weighted by Crippen LogP contribution is 2.53. The van der Waals surface area contributed by atoms with Crippen molar-refractivity contribution in [1.29, 1.82) is 0 Å². The maximum Gasteiger partial charge on any atom is 0.209 e. The van der Waals surface area contributed by atoms with Crippen molar-refractivity contribution in [2.75, 3.05) is 20.6 Å². The molecular formula is C26H34N2O8. The second-order valence-corrected chi connectivity index (χ2v) is 10.4. The van der Waals surface area contributed by atoms with Crippen molar-refractivity contribution in [1.82, 2.24) is 10.2 Å². The topological polar surface area (TPSA) is 168 Å². The first-order valence-corrected chi connectivity index (χ1v) is 12.3. The van der Waals surface area contributed by atoms with Gasteiger partial charge in [-0.05, 0) is 37.7 Å². The van der Waals surface area contributed by atoms with Gasteiger partial charge in [0.25, 0.3) is 0 Å². The Hall–Kier alpha value is -2.95. The van der Waals surface area contributed by atoms with E-state index in [1.54, 1.807) is 0 Å². The number of Topliss-reactive ketones (excluding diaryl/α,β-unsaturated/α-hetero) is 3. The quantitative estimate of drug-likeness (QED) is 0.291. The number of fused-ring (bicyclic) bond motifs is 3. The van der Waals surface area contributed by atoms with Crippen molar-refractivity contribution in [3.63, 3.8) is 0 Å². The number of hydrogen-bond donors (Lipinski definition) is 6. The molecule has 0 bridgehead atoms. The van der Waals surface area contributed by atoms with Gasteiger partial charge in [-0.3, -0.25) is 14.4 Å². The first-order chi connectivity index (χ1) is 16.8. The van der Waals surface area contributed by atoms with Gasteiger partial charge in [-0.1, -0.05) is 6.92 Å². The van der Waals surface area contributed by atoms with Crippen LogP contribution in [0.25, 0.3) is 0 Å². The molecule has 0 saturated heterocycles. The molecule has 0 spiro atoms. The smallest absolute Gasteiger partial charge is 0.209 e. The molecule has 5 atom stereocenters. The molecule has 0 aliphatic heterocycles. The monoisotopic (exact) mass is 502 g/mol. The predicted octanol–water partition coefficient (Wildman–Crippen LogP) is 1.27. The van der Waals surface area contributed by atoms with Gasteiger partial charge >= 0.3 is 0 Å². The standard InChI is InChI=1S/C26H34N2O8/c1-5-14(30)10-27-16-9-17(28(3)4)15-7-12-6-13-8-18(31)19(11(2)29)24(34)26(13,36)25(35)20(12)23(33)21(15)22(16)32/h12-14,16,27,30-32,35-36H,5-10H2,1-4H3. The van der Waals surface area contributed by atoms with Crippen molar-refractivity contribution >= 4 is 17.3 Å². The summed E-state index contributed by atoms with van der Waals surface area (Å²) < 4.78 is 0. The highest BCUT2D eigenvalue weighted by Gasteiger charge is 2.60. The zero-order valence-corrected chi connectivity index (χ0v) is 21.0. The number of rotatable bonds is 6. The Balaban J connectivity index is 1.83. The Morgan fingerprint density at radius 1 is 1.17 bits per heavy atom. The lowest BCUT2D eigenvalue weighted by Gasteiger charge is -2.47. The molecule has 4 aliphatic carbocycles. The molecule has 10 nitrogen and oxygen atoms in total. The molecule has 10 heteroatoms. The summed E-state index contributed by atoms with van der Waals surface area (Å²) in [6, 6.07) is -0.648. The van der Waals surface area contributed by atoms with Crippen molar-refractivity contribution in [3.05, 3.63) is 45.3 Å². The van der Waals surface area contributed by atoms with E-state index < -0.39 is 64.0 Å². The molecule has 5 unspecified atom stereocenters. The van der Waals surface area contributed by atoms with Crippen LogP contribution in [-0.2, 0) is 14.4 Å². The van der Waals surface area contributed by atoms with Gasteiger partial charge in [-0.2, -0.15) is 0 Å². The van der Waals surface area contributed by atoms with Crippen LogP contribution in [0.2, 0.25) is 0 Å². The van der Waals surface area contributed by atoms with Crippen LogP contribution >= 0.6 is 0 Å². The number of nitrogens with zero attached hydrogens (tertiary/aromatic N) is 1. The highest BCUT2D eigenvalue weighted by atomic mass is 16.3. The number of carbonyl (C=O) groups is 3. The van der Waals surface area contributed by atoms with Crippen molar-refractivity contribution in [3.8, 4) is 0 Å². The van der Waals surface area contributed by atoms with Gasteiger partial charge in [0, 0.05) is 50.7 Å². The molecule has 36 heavy (non-hydrogen) atoms. The fourth-order valence-corrected chi connectivity index (χ4v) is 6.03. The minimum atomic E-state index is -2.51. The Kier molecular flexibility index (Phi) is 6.65. The highest BCUT2D eigenvalue weighted by molar-refractivity contribution is 6.25. The second-order valence-electron chi connectivity index (χ2n) is 10.4. The van der Waals surface area contributed by atoms with Crippen molar-refractivity contribution in [2.24, 2.45) is 11.8 Å². The molecule has 1 fully saturated rings. The van der Waals surface area contributed by atoms with Crippen LogP contribution in [0.1, 0.15) is 46.0 Å². The van der Waals surface area contributed by atoms with E-state index in [0.717, 1.165) is 12.6 Å². The third kappa shape index (κ3) is 3.79. The summed E-state index contributed by atoms with van der Waals surface area (Å²) in [6.45, 7) is 3.12. The molecule has 4 rings (SSSR count). The normalized spacial score (nSPS) is 31.3. The summed E-state index contributed by atoms with van der Waals surface area (Å²) in [5.74, 6) is -5.45. The van der Waals surface area contributed by atoms with E-state index in [1.165, 1.54) is 0 Å². The van der Waals surface area contributed by atoms with Gasteiger partial charge in [0.15, 0.2) is 17.2 Å². The zero-order valence-electron chi connectivity index (χ0n) is 21.0. The number of ketones is 3. The van der Waals surface area contributed by atoms with Gasteiger partial charge in [0.2, 0.25) is 5.78 Å². The average molecular weight is 503 g/mol. The number of aliphatic hydroxyl groups is 5. The molecule has 0 radical (unpaired) electrons. The summed E-state index contributed by atoms with van der Waals surface area (Å²) in [6.07, 6.45) is 0.504. The Morgan fingerprint density at radius 3 is 2.42 bits per heavy atom. The van der Waals surface area contributed by atoms with Crippen LogP contribution in [0, 0.1) is 11.8 Å². The Bertz CT molecular complexity index is 1160. The largest absolute Gasteiger partial charge is 0.511 e. The lowest BCUT2D eigenvalue weighted by Crippen LogP contribution is -2.56. The van der Waals surface area contributed by atoms with Gasteiger partial charge < -0.3 is 35.7 Å². The predicted molar refractivity (Wildman–Crippen MR) is 129 cm³/mol. The lowest BCUT2D eigenvalue weighted by atomic mass is 9.59. The number of carbonyl (C=O) groups excluding carboxylic acids is 3. The summed E-state index contributed by atoms with van der Waals surface area (Å²) >= 11 is 0. The van der Waals surface area contributed by atoms with Crippen LogP contribution < -0.4 is 5.32 Å². The van der Waals surface area contributed by atoms with Crippen LogP contribution in [0.5, 0.6) is 0 Å². The fourth-order valence-electron chi connectivity index (χ4n) is 6.03. The van der Waals surface area contributed by atoms with Crippen LogP contribution in [0.15, 0.2) is 45.3 Å². The SMILES string of the molecule is CCC(O)CNC1CC(N(C)C)=C2CC3CC4CC(O)=C(C(C)=O)C(=O)C4(O)C(O)=C3C(=O)C2=C1O. The van der Waals surface area contributed by atoms with Gasteiger partial charge in [-0.15, -0.1) is 0 Å². The fraction of sp³-hybridized carbons (Fsp3) is 0.577. The first kappa shape index (κ1) is 26.1. The van der Waals surface area contributed by atoms with Crippen LogP contribution in [0.4, 0.5) is 0 Å². The van der Waals surface area contributed by atoms with E-state index in [0.29, 0.717) is 18.4 Å². The molecule has 1 saturated carbocycles. The van der Waals surface area contributed by atoms with E-state index in [9.17, 15) is 39.9 Å². The number of nitrogens with one attached hydrogen (secondary N) is 1. The molecule has 0 aromatic carbocycles. The number of hydrogen-bond acceptors (Lipinski definition) is 10. The Morgan fingerprint density at radius 2 is 1.83 bits per heavy atom. The van der Waals surface area contributed by atoms with Crippen LogP contribution in [0.3, 0.4) is 0 Å². The number of aliphatic hydroxyl groups excluding tert-OH is 4. The molecule has 0 aromatic rings. The maximum atomic E-state index is 13.8. The molecular weight excluding hydrogens is 468 g/mol. The minimum Gasteiger partial charge on any atom is -0.511 e. The number of allylic oxidation sites excluding steroid dienone is 4. The minimum absolute atomic E-state index is 0.0155. The van der Waals surface area contributed by atoms with E-state index in [-0.39, 0.29) is 42.7 Å². The summed E-state index contributed by atoms with van der Waals surface area (Å²) in [7, 11) is 3.66. The Labute approximate surface area is 209 Å². The molecule has 6 N–H and O–H groups in total. The van der Waals surface area contributed by atoms with Crippen LogP contribution in [-0.4, -0.2) is 86.2 Å². The first-order valence-electron chi connectivity index (χ1n) is 12.3. The second kappa shape index (κ2) is 9.17.